The average molecular weight is 286 g/mol. The van der Waals surface area contributed by atoms with Gasteiger partial charge in [0.1, 0.15) is 0 Å². The van der Waals surface area contributed by atoms with Crippen molar-refractivity contribution < 1.29 is 24.5 Å². The number of aliphatic carboxylic acids is 1. The zero-order valence-electron chi connectivity index (χ0n) is 11.6. The highest BCUT2D eigenvalue weighted by Gasteiger charge is 2.36. The molecular weight excluding hydrogens is 264 g/mol. The molecule has 0 aromatic carbocycles. The van der Waals surface area contributed by atoms with Gasteiger partial charge in [-0.3, -0.25) is 4.79 Å². The van der Waals surface area contributed by atoms with Gasteiger partial charge in [0.05, 0.1) is 31.3 Å². The maximum atomic E-state index is 12.2. The number of aliphatic hydroxyl groups is 1. The minimum absolute atomic E-state index is 0.130. The highest BCUT2D eigenvalue weighted by atomic mass is 16.5. The van der Waals surface area contributed by atoms with E-state index in [0.29, 0.717) is 25.9 Å². The lowest BCUT2D eigenvalue weighted by Gasteiger charge is -2.36. The average Bonchev–Trinajstić information content (AvgIpc) is 2.86. The first-order chi connectivity index (χ1) is 9.51. The van der Waals surface area contributed by atoms with Gasteiger partial charge in [0.25, 0.3) is 0 Å². The van der Waals surface area contributed by atoms with Crippen molar-refractivity contribution in [3.8, 4) is 0 Å². The molecule has 2 amide bonds. The van der Waals surface area contributed by atoms with Crippen molar-refractivity contribution in [2.45, 2.75) is 44.4 Å². The summed E-state index contributed by atoms with van der Waals surface area (Å²) < 4.78 is 5.48. The molecule has 7 nitrogen and oxygen atoms in total. The van der Waals surface area contributed by atoms with E-state index in [9.17, 15) is 9.59 Å². The topological polar surface area (TPSA) is 99.1 Å². The summed E-state index contributed by atoms with van der Waals surface area (Å²) in [6.07, 6.45) is 1.63. The minimum Gasteiger partial charge on any atom is -0.481 e. The molecule has 0 aromatic heterocycles. The van der Waals surface area contributed by atoms with Crippen LogP contribution in [0.1, 0.15) is 26.2 Å². The van der Waals surface area contributed by atoms with Gasteiger partial charge in [-0.25, -0.2) is 4.79 Å². The third-order valence-corrected chi connectivity index (χ3v) is 3.96. The highest BCUT2D eigenvalue weighted by Crippen LogP contribution is 2.26. The van der Waals surface area contributed by atoms with Gasteiger partial charge in [-0.2, -0.15) is 0 Å². The van der Waals surface area contributed by atoms with Gasteiger partial charge in [0.2, 0.25) is 0 Å². The summed E-state index contributed by atoms with van der Waals surface area (Å²) in [6, 6.07) is -0.567. The number of rotatable bonds is 3. The Hall–Kier alpha value is -1.34. The van der Waals surface area contributed by atoms with Crippen LogP contribution in [0.5, 0.6) is 0 Å². The summed E-state index contributed by atoms with van der Waals surface area (Å²) in [7, 11) is 0. The van der Waals surface area contributed by atoms with E-state index >= 15 is 0 Å². The smallest absolute Gasteiger partial charge is 0.317 e. The van der Waals surface area contributed by atoms with Crippen molar-refractivity contribution in [1.29, 1.82) is 0 Å². The first kappa shape index (κ1) is 15.1. The first-order valence-electron chi connectivity index (χ1n) is 7.05. The number of urea groups is 1. The Morgan fingerprint density at radius 2 is 2.10 bits per heavy atom. The molecule has 2 aliphatic rings. The Morgan fingerprint density at radius 1 is 1.35 bits per heavy atom. The van der Waals surface area contributed by atoms with Crippen LogP contribution >= 0.6 is 0 Å². The molecule has 2 fully saturated rings. The van der Waals surface area contributed by atoms with Gasteiger partial charge >= 0.3 is 12.0 Å². The Kier molecular flexibility index (Phi) is 4.82. The number of aliphatic hydroxyl groups excluding tert-OH is 1. The van der Waals surface area contributed by atoms with Gasteiger partial charge in [-0.15, -0.1) is 0 Å². The number of hydrogen-bond acceptors (Lipinski definition) is 4. The summed E-state index contributed by atoms with van der Waals surface area (Å²) >= 11 is 0. The second-order valence-corrected chi connectivity index (χ2v) is 5.59. The van der Waals surface area contributed by atoms with Gasteiger partial charge in [-0.05, 0) is 19.8 Å². The van der Waals surface area contributed by atoms with Crippen LogP contribution in [0.15, 0.2) is 0 Å². The molecule has 3 N–H and O–H groups in total. The standard InChI is InChI=1S/C13H22N2O5/c1-8-5-15(6-9(7-16)20-8)13(19)14-11-4-2-3-10(11)12(17)18/h8-11,16H,2-7H2,1H3,(H,14,19)(H,17,18). The molecule has 0 aromatic rings. The predicted molar refractivity (Wildman–Crippen MR) is 70.3 cm³/mol. The lowest BCUT2D eigenvalue weighted by atomic mass is 10.0. The zero-order chi connectivity index (χ0) is 14.7. The van der Waals surface area contributed by atoms with Gasteiger partial charge in [-0.1, -0.05) is 6.42 Å². The molecule has 114 valence electrons. The molecule has 20 heavy (non-hydrogen) atoms. The van der Waals surface area contributed by atoms with Gasteiger partial charge in [0, 0.05) is 12.6 Å². The molecule has 7 heteroatoms. The van der Waals surface area contributed by atoms with E-state index < -0.39 is 11.9 Å². The number of ether oxygens (including phenoxy) is 1. The van der Waals surface area contributed by atoms with Crippen molar-refractivity contribution in [2.24, 2.45) is 5.92 Å². The Labute approximate surface area is 117 Å². The molecule has 1 heterocycles. The molecule has 0 bridgehead atoms. The third kappa shape index (κ3) is 3.40. The number of nitrogens with zero attached hydrogens (tertiary/aromatic N) is 1. The Balaban J connectivity index is 1.92. The van der Waals surface area contributed by atoms with Crippen LogP contribution in [-0.4, -0.2) is 65.1 Å². The second kappa shape index (κ2) is 6.41. The third-order valence-electron chi connectivity index (χ3n) is 3.96. The summed E-state index contributed by atoms with van der Waals surface area (Å²) in [4.78, 5) is 24.9. The number of carbonyl (C=O) groups excluding carboxylic acids is 1. The molecule has 4 atom stereocenters. The SMILES string of the molecule is CC1CN(C(=O)NC2CCCC2C(=O)O)CC(CO)O1. The molecule has 4 unspecified atom stereocenters. The highest BCUT2D eigenvalue weighted by molar-refractivity contribution is 5.77. The fraction of sp³-hybridized carbons (Fsp3) is 0.846. The number of nitrogens with one attached hydrogen (secondary N) is 1. The van der Waals surface area contributed by atoms with Crippen molar-refractivity contribution in [1.82, 2.24) is 10.2 Å². The van der Waals surface area contributed by atoms with Crippen LogP contribution in [-0.2, 0) is 9.53 Å². The largest absolute Gasteiger partial charge is 0.481 e. The molecule has 1 saturated heterocycles. The summed E-state index contributed by atoms with van der Waals surface area (Å²) in [6.45, 7) is 2.50. The van der Waals surface area contributed by atoms with Crippen LogP contribution in [0.4, 0.5) is 4.79 Å². The minimum atomic E-state index is -0.851. The number of hydrogen-bond donors (Lipinski definition) is 3. The maximum Gasteiger partial charge on any atom is 0.317 e. The fourth-order valence-electron chi connectivity index (χ4n) is 2.99. The lowest BCUT2D eigenvalue weighted by Crippen LogP contribution is -2.55. The molecule has 1 saturated carbocycles. The van der Waals surface area contributed by atoms with E-state index in [1.165, 1.54) is 0 Å². The molecule has 1 aliphatic carbocycles. The molecule has 2 rings (SSSR count). The summed E-state index contributed by atoms with van der Waals surface area (Å²) in [5, 5.41) is 21.1. The fourth-order valence-corrected chi connectivity index (χ4v) is 2.99. The van der Waals surface area contributed by atoms with Crippen LogP contribution in [0, 0.1) is 5.92 Å². The Morgan fingerprint density at radius 3 is 2.75 bits per heavy atom. The molecule has 1 aliphatic heterocycles. The van der Waals surface area contributed by atoms with Crippen molar-refractivity contribution in [3.05, 3.63) is 0 Å². The monoisotopic (exact) mass is 286 g/mol. The number of carboxylic acid groups (broad SMARTS) is 1. The number of carbonyl (C=O) groups is 2. The summed E-state index contributed by atoms with van der Waals surface area (Å²) in [5.41, 5.74) is 0. The van der Waals surface area contributed by atoms with E-state index in [1.807, 2.05) is 6.92 Å². The van der Waals surface area contributed by atoms with Gasteiger partial charge in [0.15, 0.2) is 0 Å². The van der Waals surface area contributed by atoms with Crippen molar-refractivity contribution in [3.63, 3.8) is 0 Å². The summed E-state index contributed by atoms with van der Waals surface area (Å²) in [5.74, 6) is -1.34. The second-order valence-electron chi connectivity index (χ2n) is 5.59. The van der Waals surface area contributed by atoms with E-state index in [1.54, 1.807) is 4.90 Å². The van der Waals surface area contributed by atoms with E-state index in [-0.39, 0.29) is 30.9 Å². The van der Waals surface area contributed by atoms with Crippen LogP contribution in [0.3, 0.4) is 0 Å². The predicted octanol–water partition coefficient (Wildman–Crippen LogP) is 0.0309. The van der Waals surface area contributed by atoms with Crippen LogP contribution in [0.25, 0.3) is 0 Å². The Bertz CT molecular complexity index is 376. The number of amides is 2. The first-order valence-corrected chi connectivity index (χ1v) is 7.05. The van der Waals surface area contributed by atoms with E-state index in [2.05, 4.69) is 5.32 Å². The zero-order valence-corrected chi connectivity index (χ0v) is 11.6. The maximum absolute atomic E-state index is 12.2. The van der Waals surface area contributed by atoms with Gasteiger partial charge < -0.3 is 25.2 Å². The molecule has 0 radical (unpaired) electrons. The normalized spacial score (nSPS) is 34.0. The van der Waals surface area contributed by atoms with Crippen LogP contribution in [0.2, 0.25) is 0 Å². The van der Waals surface area contributed by atoms with E-state index in [4.69, 9.17) is 14.9 Å². The number of morpholine rings is 1. The van der Waals surface area contributed by atoms with Crippen molar-refractivity contribution >= 4 is 12.0 Å². The molecule has 0 spiro atoms. The van der Waals surface area contributed by atoms with Crippen LogP contribution < -0.4 is 5.32 Å². The quantitative estimate of drug-likeness (QED) is 0.680. The molecular formula is C13H22N2O5. The lowest BCUT2D eigenvalue weighted by molar-refractivity contribution is -0.142. The number of carboxylic acids is 1. The van der Waals surface area contributed by atoms with Crippen molar-refractivity contribution in [2.75, 3.05) is 19.7 Å². The van der Waals surface area contributed by atoms with E-state index in [0.717, 1.165) is 6.42 Å².